The molecule has 1 atom stereocenters. The Balaban J connectivity index is 1.67. The molecule has 126 valence electrons. The normalized spacial score (nSPS) is 26.9. The molecule has 0 aromatic heterocycles. The highest BCUT2D eigenvalue weighted by Gasteiger charge is 2.46. The molecule has 1 heterocycles. The van der Waals surface area contributed by atoms with E-state index in [-0.39, 0.29) is 5.91 Å². The first-order valence-electron chi connectivity index (χ1n) is 8.52. The van der Waals surface area contributed by atoms with Gasteiger partial charge in [-0.15, -0.1) is 0 Å². The van der Waals surface area contributed by atoms with Crippen molar-refractivity contribution < 1.29 is 9.90 Å². The molecule has 1 saturated carbocycles. The van der Waals surface area contributed by atoms with E-state index in [0.29, 0.717) is 18.0 Å². The number of halogens is 1. The molecular weight excluding hydrogens is 312 g/mol. The maximum atomic E-state index is 12.8. The fourth-order valence-corrected chi connectivity index (χ4v) is 3.78. The zero-order valence-electron chi connectivity index (χ0n) is 13.4. The number of carbonyl (C=O) groups is 1. The van der Waals surface area contributed by atoms with Crippen molar-refractivity contribution in [3.05, 3.63) is 34.9 Å². The minimum Gasteiger partial charge on any atom is -0.388 e. The summed E-state index contributed by atoms with van der Waals surface area (Å²) in [5.41, 5.74) is -0.200. The van der Waals surface area contributed by atoms with Gasteiger partial charge in [-0.1, -0.05) is 30.2 Å². The summed E-state index contributed by atoms with van der Waals surface area (Å²) in [5.74, 6) is 0.0386. The fraction of sp³-hybridized carbons (Fsp3) is 0.611. The van der Waals surface area contributed by atoms with Gasteiger partial charge >= 0.3 is 0 Å². The number of benzene rings is 1. The zero-order chi connectivity index (χ0) is 16.3. The van der Waals surface area contributed by atoms with E-state index >= 15 is 0 Å². The smallest absolute Gasteiger partial charge is 0.230 e. The molecule has 2 aliphatic rings. The minimum atomic E-state index is -0.788. The molecule has 1 aliphatic heterocycles. The van der Waals surface area contributed by atoms with Crippen LogP contribution in [0.2, 0.25) is 5.02 Å². The summed E-state index contributed by atoms with van der Waals surface area (Å²) in [6, 6.07) is 7.58. The highest BCUT2D eigenvalue weighted by Crippen LogP contribution is 2.44. The van der Waals surface area contributed by atoms with E-state index in [1.54, 1.807) is 0 Å². The van der Waals surface area contributed by atoms with E-state index in [0.717, 1.165) is 50.8 Å². The Bertz CT molecular complexity index is 547. The predicted molar refractivity (Wildman–Crippen MR) is 91.7 cm³/mol. The van der Waals surface area contributed by atoms with Crippen LogP contribution in [0.3, 0.4) is 0 Å². The molecule has 1 amide bonds. The summed E-state index contributed by atoms with van der Waals surface area (Å²) in [5, 5.41) is 17.7. The van der Waals surface area contributed by atoms with Gasteiger partial charge in [-0.25, -0.2) is 0 Å². The van der Waals surface area contributed by atoms with Crippen molar-refractivity contribution in [1.82, 2.24) is 10.6 Å². The molecule has 23 heavy (non-hydrogen) atoms. The number of hydrogen-bond donors (Lipinski definition) is 3. The first-order valence-corrected chi connectivity index (χ1v) is 8.89. The number of amides is 1. The molecule has 3 rings (SSSR count). The number of rotatable bonds is 4. The molecule has 0 bridgehead atoms. The van der Waals surface area contributed by atoms with Gasteiger partial charge < -0.3 is 15.7 Å². The lowest BCUT2D eigenvalue weighted by molar-refractivity contribution is -0.131. The summed E-state index contributed by atoms with van der Waals surface area (Å²) in [6.45, 7) is 2.07. The van der Waals surface area contributed by atoms with Gasteiger partial charge in [0.2, 0.25) is 5.91 Å². The number of aliphatic hydroxyl groups is 1. The van der Waals surface area contributed by atoms with Crippen LogP contribution in [0.25, 0.3) is 0 Å². The lowest BCUT2D eigenvalue weighted by Gasteiger charge is -2.41. The van der Waals surface area contributed by atoms with Gasteiger partial charge in [-0.05, 0) is 62.9 Å². The molecule has 0 spiro atoms. The Morgan fingerprint density at radius 3 is 2.52 bits per heavy atom. The van der Waals surface area contributed by atoms with E-state index in [2.05, 4.69) is 10.6 Å². The summed E-state index contributed by atoms with van der Waals surface area (Å²) < 4.78 is 0. The third-order valence-corrected chi connectivity index (χ3v) is 5.63. The topological polar surface area (TPSA) is 61.4 Å². The van der Waals surface area contributed by atoms with Crippen molar-refractivity contribution in [1.29, 1.82) is 0 Å². The van der Waals surface area contributed by atoms with Gasteiger partial charge in [0.25, 0.3) is 0 Å². The van der Waals surface area contributed by atoms with Gasteiger partial charge in [-0.2, -0.15) is 0 Å². The lowest BCUT2D eigenvalue weighted by atomic mass is 9.63. The van der Waals surface area contributed by atoms with Crippen molar-refractivity contribution in [2.24, 2.45) is 0 Å². The third kappa shape index (κ3) is 3.54. The van der Waals surface area contributed by atoms with Crippen LogP contribution in [0.4, 0.5) is 0 Å². The van der Waals surface area contributed by atoms with E-state index in [9.17, 15) is 9.90 Å². The van der Waals surface area contributed by atoms with Crippen LogP contribution >= 0.6 is 11.6 Å². The molecule has 5 heteroatoms. The third-order valence-electron chi connectivity index (χ3n) is 5.38. The quantitative estimate of drug-likeness (QED) is 0.791. The summed E-state index contributed by atoms with van der Waals surface area (Å²) >= 11 is 5.96. The first kappa shape index (κ1) is 16.7. The molecule has 1 aromatic carbocycles. The van der Waals surface area contributed by atoms with E-state index in [1.807, 2.05) is 24.3 Å². The van der Waals surface area contributed by atoms with E-state index < -0.39 is 11.0 Å². The van der Waals surface area contributed by atoms with Gasteiger partial charge in [0.1, 0.15) is 0 Å². The highest BCUT2D eigenvalue weighted by atomic mass is 35.5. The minimum absolute atomic E-state index is 0.0386. The Kier molecular flexibility index (Phi) is 4.95. The Labute approximate surface area is 142 Å². The van der Waals surface area contributed by atoms with Crippen LogP contribution < -0.4 is 10.6 Å². The largest absolute Gasteiger partial charge is 0.388 e. The highest BCUT2D eigenvalue weighted by molar-refractivity contribution is 6.30. The zero-order valence-corrected chi connectivity index (χ0v) is 14.2. The van der Waals surface area contributed by atoms with Crippen LogP contribution in [-0.2, 0) is 10.2 Å². The van der Waals surface area contributed by atoms with Crippen LogP contribution in [-0.4, -0.2) is 36.2 Å². The maximum absolute atomic E-state index is 12.8. The Morgan fingerprint density at radius 1 is 1.13 bits per heavy atom. The Morgan fingerprint density at radius 2 is 1.87 bits per heavy atom. The van der Waals surface area contributed by atoms with Gasteiger partial charge in [0, 0.05) is 11.6 Å². The number of hydrogen-bond acceptors (Lipinski definition) is 3. The standard InChI is InChI=1S/C18H25ClN2O2/c19-15-5-3-14(4-6-15)18(8-1-9-18)16(22)21-13-17(23)7-2-11-20-12-10-17/h3-6,20,23H,1-2,7-13H2,(H,21,22)/t17-/m1/s1. The molecule has 0 radical (unpaired) electrons. The van der Waals surface area contributed by atoms with E-state index in [1.165, 1.54) is 0 Å². The molecule has 1 aliphatic carbocycles. The average molecular weight is 337 g/mol. The van der Waals surface area contributed by atoms with Gasteiger partial charge in [0.05, 0.1) is 11.0 Å². The average Bonchev–Trinajstić information content (AvgIpc) is 2.71. The lowest BCUT2D eigenvalue weighted by Crippen LogP contribution is -2.53. The van der Waals surface area contributed by atoms with Gasteiger partial charge in [0.15, 0.2) is 0 Å². The number of nitrogens with one attached hydrogen (secondary N) is 2. The van der Waals surface area contributed by atoms with E-state index in [4.69, 9.17) is 11.6 Å². The first-order chi connectivity index (χ1) is 11.0. The molecular formula is C18H25ClN2O2. The molecule has 1 aromatic rings. The molecule has 0 unspecified atom stereocenters. The summed E-state index contributed by atoms with van der Waals surface area (Å²) in [7, 11) is 0. The molecule has 1 saturated heterocycles. The predicted octanol–water partition coefficient (Wildman–Crippen LogP) is 2.38. The molecule has 4 nitrogen and oxygen atoms in total. The second kappa shape index (κ2) is 6.80. The SMILES string of the molecule is O=C(NC[C@@]1(O)CCCNCC1)C1(c2ccc(Cl)cc2)CCC1. The van der Waals surface area contributed by atoms with Crippen LogP contribution in [0.5, 0.6) is 0 Å². The van der Waals surface area contributed by atoms with Crippen molar-refractivity contribution in [3.8, 4) is 0 Å². The maximum Gasteiger partial charge on any atom is 0.230 e. The van der Waals surface area contributed by atoms with Crippen LogP contribution in [0.1, 0.15) is 44.1 Å². The number of carbonyl (C=O) groups excluding carboxylic acids is 1. The van der Waals surface area contributed by atoms with Crippen LogP contribution in [0, 0.1) is 0 Å². The van der Waals surface area contributed by atoms with Crippen molar-refractivity contribution in [2.75, 3.05) is 19.6 Å². The van der Waals surface area contributed by atoms with Crippen molar-refractivity contribution in [3.63, 3.8) is 0 Å². The van der Waals surface area contributed by atoms with Crippen molar-refractivity contribution in [2.45, 2.75) is 49.5 Å². The summed E-state index contributed by atoms with van der Waals surface area (Å²) in [6.07, 6.45) is 5.13. The molecule has 2 fully saturated rings. The second-order valence-corrected chi connectivity index (χ2v) is 7.39. The fourth-order valence-electron chi connectivity index (χ4n) is 3.65. The molecule has 3 N–H and O–H groups in total. The monoisotopic (exact) mass is 336 g/mol. The van der Waals surface area contributed by atoms with Crippen LogP contribution in [0.15, 0.2) is 24.3 Å². The second-order valence-electron chi connectivity index (χ2n) is 6.95. The summed E-state index contributed by atoms with van der Waals surface area (Å²) in [4.78, 5) is 12.8. The Hall–Kier alpha value is -1.10. The van der Waals surface area contributed by atoms with Gasteiger partial charge in [-0.3, -0.25) is 4.79 Å². The van der Waals surface area contributed by atoms with Crippen molar-refractivity contribution >= 4 is 17.5 Å².